The van der Waals surface area contributed by atoms with E-state index in [0.717, 1.165) is 10.9 Å². The van der Waals surface area contributed by atoms with Crippen molar-refractivity contribution in [1.82, 2.24) is 24.5 Å². The van der Waals surface area contributed by atoms with Crippen LogP contribution < -0.4 is 9.46 Å². The topological polar surface area (TPSA) is 104 Å². The number of rotatable bonds is 6. The van der Waals surface area contributed by atoms with Gasteiger partial charge in [0.25, 0.3) is 10.0 Å². The highest BCUT2D eigenvalue weighted by Crippen LogP contribution is 2.34. The van der Waals surface area contributed by atoms with Gasteiger partial charge in [-0.2, -0.15) is 10.2 Å². The second-order valence-corrected chi connectivity index (χ2v) is 8.86. The van der Waals surface area contributed by atoms with Crippen LogP contribution in [-0.2, 0) is 17.1 Å². The lowest BCUT2D eigenvalue weighted by atomic mass is 10.1. The van der Waals surface area contributed by atoms with Crippen molar-refractivity contribution in [2.45, 2.75) is 24.7 Å². The second-order valence-electron chi connectivity index (χ2n) is 7.18. The van der Waals surface area contributed by atoms with Crippen molar-refractivity contribution < 1.29 is 13.2 Å². The molecular weight excluding hydrogens is 404 g/mol. The molecule has 1 aromatic carbocycles. The highest BCUT2D eigenvalue weighted by molar-refractivity contribution is 7.92. The number of fused-ring (bicyclic) bond motifs is 1. The first kappa shape index (κ1) is 19.9. The quantitative estimate of drug-likeness (QED) is 0.508. The van der Waals surface area contributed by atoms with Gasteiger partial charge in [-0.05, 0) is 35.7 Å². The fourth-order valence-corrected chi connectivity index (χ4v) is 4.16. The van der Waals surface area contributed by atoms with Crippen LogP contribution in [0.25, 0.3) is 16.7 Å². The lowest BCUT2D eigenvalue weighted by molar-refractivity contribution is 0.417. The Morgan fingerprint density at radius 2 is 1.87 bits per heavy atom. The summed E-state index contributed by atoms with van der Waals surface area (Å²) < 4.78 is 37.3. The van der Waals surface area contributed by atoms with Crippen LogP contribution in [-0.4, -0.2) is 40.1 Å². The molecule has 156 valence electrons. The number of benzene rings is 1. The minimum atomic E-state index is -3.90. The molecule has 0 fully saturated rings. The summed E-state index contributed by atoms with van der Waals surface area (Å²) in [5.41, 5.74) is 2.03. The van der Waals surface area contributed by atoms with Gasteiger partial charge in [-0.1, -0.05) is 13.8 Å². The summed E-state index contributed by atoms with van der Waals surface area (Å²) in [5.74, 6) is 1.27. The van der Waals surface area contributed by atoms with Crippen molar-refractivity contribution in [1.29, 1.82) is 0 Å². The summed E-state index contributed by atoms with van der Waals surface area (Å²) in [6.07, 6.45) is 6.63. The van der Waals surface area contributed by atoms with E-state index in [2.05, 4.69) is 33.8 Å². The fourth-order valence-electron chi connectivity index (χ4n) is 3.14. The summed E-state index contributed by atoms with van der Waals surface area (Å²) in [5, 5.41) is 9.28. The molecule has 0 radical (unpaired) electrons. The van der Waals surface area contributed by atoms with Crippen molar-refractivity contribution >= 4 is 26.6 Å². The van der Waals surface area contributed by atoms with Gasteiger partial charge in [-0.25, -0.2) is 18.1 Å². The van der Waals surface area contributed by atoms with Gasteiger partial charge in [-0.3, -0.25) is 9.40 Å². The Bertz CT molecular complexity index is 1310. The Labute approximate surface area is 174 Å². The number of methoxy groups -OCH3 is 1. The summed E-state index contributed by atoms with van der Waals surface area (Å²) >= 11 is 0. The van der Waals surface area contributed by atoms with Crippen LogP contribution >= 0.6 is 0 Å². The molecule has 30 heavy (non-hydrogen) atoms. The number of hydrogen-bond acceptors (Lipinski definition) is 6. The molecule has 0 aliphatic carbocycles. The lowest BCUT2D eigenvalue weighted by Gasteiger charge is -2.14. The monoisotopic (exact) mass is 426 g/mol. The molecule has 0 amide bonds. The number of aryl methyl sites for hydroxylation is 1. The highest BCUT2D eigenvalue weighted by atomic mass is 32.2. The number of hydrogen-bond donors (Lipinski definition) is 1. The first-order valence-corrected chi connectivity index (χ1v) is 10.8. The van der Waals surface area contributed by atoms with Crippen molar-refractivity contribution in [3.63, 3.8) is 0 Å². The Hall–Kier alpha value is -3.40. The number of pyridine rings is 1. The van der Waals surface area contributed by atoms with E-state index in [1.807, 2.05) is 12.3 Å². The maximum absolute atomic E-state index is 13.0. The molecule has 0 spiro atoms. The standard InChI is InChI=1S/C20H22N6O3S/c1-13(2)15-10-23-26(12-15)18-8-6-16(11-21-18)30(27,28)24-19-17(29-4)7-5-14-9-22-25(3)20(14)19/h5-13,24H,1-4H3. The van der Waals surface area contributed by atoms with Crippen LogP contribution in [0, 0.1) is 0 Å². The Balaban J connectivity index is 1.68. The number of nitrogens with one attached hydrogen (secondary N) is 1. The summed E-state index contributed by atoms with van der Waals surface area (Å²) in [6, 6.07) is 6.64. The van der Waals surface area contributed by atoms with Gasteiger partial charge in [0.1, 0.15) is 16.3 Å². The summed E-state index contributed by atoms with van der Waals surface area (Å²) in [7, 11) is -0.674. The molecule has 4 rings (SSSR count). The number of aromatic nitrogens is 5. The number of anilines is 1. The van der Waals surface area contributed by atoms with Gasteiger partial charge in [0.05, 0.1) is 25.0 Å². The van der Waals surface area contributed by atoms with E-state index in [1.165, 1.54) is 19.4 Å². The molecule has 0 aliphatic rings. The molecule has 0 bridgehead atoms. The van der Waals surface area contributed by atoms with E-state index >= 15 is 0 Å². The van der Waals surface area contributed by atoms with E-state index in [1.54, 1.807) is 40.9 Å². The van der Waals surface area contributed by atoms with Gasteiger partial charge >= 0.3 is 0 Å². The normalized spacial score (nSPS) is 11.9. The summed E-state index contributed by atoms with van der Waals surface area (Å²) in [4.78, 5) is 4.31. The van der Waals surface area contributed by atoms with Crippen LogP contribution in [0.15, 0.2) is 53.9 Å². The molecule has 0 atom stereocenters. The third-order valence-corrected chi connectivity index (χ3v) is 6.19. The van der Waals surface area contributed by atoms with E-state index in [9.17, 15) is 8.42 Å². The maximum Gasteiger partial charge on any atom is 0.263 e. The average molecular weight is 427 g/mol. The van der Waals surface area contributed by atoms with E-state index < -0.39 is 10.0 Å². The van der Waals surface area contributed by atoms with Gasteiger partial charge in [0.15, 0.2) is 5.82 Å². The fraction of sp³-hybridized carbons (Fsp3) is 0.250. The molecule has 3 aromatic heterocycles. The third-order valence-electron chi connectivity index (χ3n) is 4.86. The van der Waals surface area contributed by atoms with Crippen molar-refractivity contribution in [2.75, 3.05) is 11.8 Å². The van der Waals surface area contributed by atoms with Crippen LogP contribution in [0.4, 0.5) is 5.69 Å². The molecule has 9 nitrogen and oxygen atoms in total. The van der Waals surface area contributed by atoms with Gasteiger partial charge < -0.3 is 4.74 Å². The largest absolute Gasteiger partial charge is 0.494 e. The molecule has 1 N–H and O–H groups in total. The van der Waals surface area contributed by atoms with Crippen molar-refractivity contribution in [3.8, 4) is 11.6 Å². The van der Waals surface area contributed by atoms with Crippen molar-refractivity contribution in [3.05, 3.63) is 54.6 Å². The highest BCUT2D eigenvalue weighted by Gasteiger charge is 2.21. The number of nitrogens with zero attached hydrogens (tertiary/aromatic N) is 5. The SMILES string of the molecule is COc1ccc2cnn(C)c2c1NS(=O)(=O)c1ccc(-n2cc(C(C)C)cn2)nc1. The zero-order chi connectivity index (χ0) is 21.5. The van der Waals surface area contributed by atoms with E-state index in [4.69, 9.17) is 4.74 Å². The zero-order valence-electron chi connectivity index (χ0n) is 17.1. The molecule has 0 saturated carbocycles. The molecule has 4 aromatic rings. The molecule has 3 heterocycles. The molecule has 0 saturated heterocycles. The molecule has 0 unspecified atom stereocenters. The van der Waals surface area contributed by atoms with Crippen LogP contribution in [0.5, 0.6) is 5.75 Å². The first-order valence-electron chi connectivity index (χ1n) is 9.32. The summed E-state index contributed by atoms with van der Waals surface area (Å²) in [6.45, 7) is 4.15. The lowest BCUT2D eigenvalue weighted by Crippen LogP contribution is -2.15. The van der Waals surface area contributed by atoms with Crippen LogP contribution in [0.3, 0.4) is 0 Å². The van der Waals surface area contributed by atoms with Crippen LogP contribution in [0.1, 0.15) is 25.3 Å². The Morgan fingerprint density at radius 3 is 2.50 bits per heavy atom. The Morgan fingerprint density at radius 1 is 1.07 bits per heavy atom. The Kier molecular flexibility index (Phi) is 4.94. The van der Waals surface area contributed by atoms with Gasteiger partial charge in [0.2, 0.25) is 0 Å². The van der Waals surface area contributed by atoms with Gasteiger partial charge in [-0.15, -0.1) is 0 Å². The van der Waals surface area contributed by atoms with E-state index in [-0.39, 0.29) is 4.90 Å². The number of ether oxygens (including phenoxy) is 1. The zero-order valence-corrected chi connectivity index (χ0v) is 17.9. The third kappa shape index (κ3) is 3.50. The minimum Gasteiger partial charge on any atom is -0.494 e. The minimum absolute atomic E-state index is 0.0312. The van der Waals surface area contributed by atoms with Crippen LogP contribution in [0.2, 0.25) is 0 Å². The smallest absolute Gasteiger partial charge is 0.263 e. The molecule has 10 heteroatoms. The molecule has 0 aliphatic heterocycles. The van der Waals surface area contributed by atoms with E-state index in [0.29, 0.717) is 28.7 Å². The predicted octanol–water partition coefficient (Wildman–Crippen LogP) is 3.09. The molecular formula is C20H22N6O3S. The maximum atomic E-state index is 13.0. The van der Waals surface area contributed by atoms with Crippen molar-refractivity contribution in [2.24, 2.45) is 7.05 Å². The second kappa shape index (κ2) is 7.45. The predicted molar refractivity (Wildman–Crippen MR) is 114 cm³/mol. The van der Waals surface area contributed by atoms with Gasteiger partial charge in [0, 0.05) is 24.8 Å². The average Bonchev–Trinajstić information content (AvgIpc) is 3.36. The first-order chi connectivity index (χ1) is 14.3. The number of sulfonamides is 1.